The van der Waals surface area contributed by atoms with Gasteiger partial charge in [-0.15, -0.1) is 0 Å². The monoisotopic (exact) mass is 210 g/mol. The molecule has 0 aromatic heterocycles. The molecular weight excluding hydrogens is 184 g/mol. The lowest BCUT2D eigenvalue weighted by molar-refractivity contribution is -0.128. The Kier molecular flexibility index (Phi) is 3.06. The number of carbonyl (C=O) groups is 1. The maximum Gasteiger partial charge on any atom is 0.136 e. The first-order valence-corrected chi connectivity index (χ1v) is 6.08. The summed E-state index contributed by atoms with van der Waals surface area (Å²) in [7, 11) is 0. The van der Waals surface area contributed by atoms with E-state index in [0.29, 0.717) is 11.2 Å². The summed E-state index contributed by atoms with van der Waals surface area (Å²) in [5.41, 5.74) is 0.588. The molecule has 1 aliphatic rings. The van der Waals surface area contributed by atoms with E-state index in [4.69, 9.17) is 0 Å². The predicted octanol–water partition coefficient (Wildman–Crippen LogP) is 4.21. The zero-order chi connectivity index (χ0) is 11.9. The molecule has 0 aromatic rings. The van der Waals surface area contributed by atoms with Crippen LogP contribution in [-0.2, 0) is 4.79 Å². The van der Waals surface area contributed by atoms with E-state index in [1.165, 1.54) is 6.42 Å². The molecule has 15 heavy (non-hydrogen) atoms. The Morgan fingerprint density at radius 3 is 2.00 bits per heavy atom. The van der Waals surface area contributed by atoms with Crippen molar-refractivity contribution in [1.82, 2.24) is 0 Å². The van der Waals surface area contributed by atoms with Crippen molar-refractivity contribution >= 4 is 5.78 Å². The molecule has 0 heterocycles. The quantitative estimate of drug-likeness (QED) is 0.667. The second-order valence-electron chi connectivity index (χ2n) is 7.41. The van der Waals surface area contributed by atoms with Gasteiger partial charge in [-0.3, -0.25) is 4.79 Å². The molecule has 0 aliphatic heterocycles. The van der Waals surface area contributed by atoms with Crippen LogP contribution < -0.4 is 0 Å². The molecule has 1 unspecified atom stereocenters. The van der Waals surface area contributed by atoms with Crippen molar-refractivity contribution in [1.29, 1.82) is 0 Å². The summed E-state index contributed by atoms with van der Waals surface area (Å²) >= 11 is 0. The van der Waals surface area contributed by atoms with Crippen molar-refractivity contribution in [3.63, 3.8) is 0 Å². The normalized spacial score (nSPS) is 30.5. The first-order valence-electron chi connectivity index (χ1n) is 6.08. The second kappa shape index (κ2) is 3.61. The minimum Gasteiger partial charge on any atom is -0.299 e. The average Bonchev–Trinajstić information content (AvgIpc) is 2.23. The van der Waals surface area contributed by atoms with E-state index in [0.717, 1.165) is 19.3 Å². The molecule has 0 N–H and O–H groups in total. The van der Waals surface area contributed by atoms with Crippen LogP contribution in [-0.4, -0.2) is 5.78 Å². The molecule has 0 bridgehead atoms. The van der Waals surface area contributed by atoms with E-state index in [1.807, 2.05) is 0 Å². The topological polar surface area (TPSA) is 17.1 Å². The third kappa shape index (κ3) is 3.06. The maximum atomic E-state index is 11.9. The van der Waals surface area contributed by atoms with Gasteiger partial charge in [0.25, 0.3) is 0 Å². The molecule has 1 aliphatic carbocycles. The summed E-state index contributed by atoms with van der Waals surface area (Å²) in [5.74, 6) is 0.406. The molecule has 1 heteroatoms. The summed E-state index contributed by atoms with van der Waals surface area (Å²) in [6.07, 6.45) is 4.40. The van der Waals surface area contributed by atoms with Gasteiger partial charge in [0.05, 0.1) is 0 Å². The fourth-order valence-electron chi connectivity index (χ4n) is 3.26. The van der Waals surface area contributed by atoms with E-state index in [2.05, 4.69) is 34.6 Å². The Bertz CT molecular complexity index is 257. The zero-order valence-corrected chi connectivity index (χ0v) is 11.2. The van der Waals surface area contributed by atoms with Crippen LogP contribution in [0.15, 0.2) is 0 Å². The molecule has 0 saturated heterocycles. The Hall–Kier alpha value is -0.330. The highest BCUT2D eigenvalue weighted by molar-refractivity contribution is 5.82. The highest BCUT2D eigenvalue weighted by atomic mass is 16.1. The molecular formula is C14H26O. The zero-order valence-electron chi connectivity index (χ0n) is 11.2. The van der Waals surface area contributed by atoms with Gasteiger partial charge in [-0.1, -0.05) is 34.6 Å². The first-order chi connectivity index (χ1) is 6.56. The van der Waals surface area contributed by atoms with Crippen LogP contribution in [0.25, 0.3) is 0 Å². The Balaban J connectivity index is 2.88. The third-order valence-corrected chi connectivity index (χ3v) is 3.71. The first kappa shape index (κ1) is 12.7. The summed E-state index contributed by atoms with van der Waals surface area (Å²) in [4.78, 5) is 11.9. The number of hydrogen-bond acceptors (Lipinski definition) is 1. The Morgan fingerprint density at radius 2 is 1.73 bits per heavy atom. The lowest BCUT2D eigenvalue weighted by Gasteiger charge is -2.34. The van der Waals surface area contributed by atoms with Gasteiger partial charge >= 0.3 is 0 Å². The van der Waals surface area contributed by atoms with Gasteiger partial charge < -0.3 is 0 Å². The van der Waals surface area contributed by atoms with Crippen LogP contribution in [0.2, 0.25) is 0 Å². The number of ketones is 1. The molecule has 0 aromatic carbocycles. The molecule has 88 valence electrons. The highest BCUT2D eigenvalue weighted by Gasteiger charge is 2.47. The number of rotatable bonds is 2. The van der Waals surface area contributed by atoms with Crippen molar-refractivity contribution in [2.24, 2.45) is 16.2 Å². The van der Waals surface area contributed by atoms with Gasteiger partial charge in [-0.2, -0.15) is 0 Å². The minimum atomic E-state index is -0.0260. The van der Waals surface area contributed by atoms with Gasteiger partial charge in [0, 0.05) is 5.41 Å². The van der Waals surface area contributed by atoms with Gasteiger partial charge in [-0.05, 0) is 43.4 Å². The smallest absolute Gasteiger partial charge is 0.136 e. The van der Waals surface area contributed by atoms with Crippen LogP contribution in [0.5, 0.6) is 0 Å². The molecule has 1 rings (SSSR count). The van der Waals surface area contributed by atoms with Crippen LogP contribution >= 0.6 is 0 Å². The maximum absolute atomic E-state index is 11.9. The van der Waals surface area contributed by atoms with Crippen molar-refractivity contribution in [3.05, 3.63) is 0 Å². The van der Waals surface area contributed by atoms with Gasteiger partial charge in [-0.25, -0.2) is 0 Å². The van der Waals surface area contributed by atoms with Crippen molar-refractivity contribution in [2.45, 2.75) is 67.2 Å². The molecule has 1 nitrogen and oxygen atoms in total. The molecule has 0 spiro atoms. The van der Waals surface area contributed by atoms with E-state index in [1.54, 1.807) is 6.92 Å². The SMILES string of the molecule is CC(=O)C1(CC(C)(C)C)CCC(C)(C)C1. The van der Waals surface area contributed by atoms with Gasteiger partial charge in [0.15, 0.2) is 0 Å². The molecule has 1 atom stereocenters. The van der Waals surface area contributed by atoms with Crippen molar-refractivity contribution in [2.75, 3.05) is 0 Å². The fourth-order valence-corrected chi connectivity index (χ4v) is 3.26. The number of carbonyl (C=O) groups excluding carboxylic acids is 1. The lowest BCUT2D eigenvalue weighted by Crippen LogP contribution is -2.32. The van der Waals surface area contributed by atoms with Crippen LogP contribution in [0.4, 0.5) is 0 Å². The summed E-state index contributed by atoms with van der Waals surface area (Å²) in [5, 5.41) is 0. The highest BCUT2D eigenvalue weighted by Crippen LogP contribution is 2.54. The second-order valence-corrected chi connectivity index (χ2v) is 7.41. The van der Waals surface area contributed by atoms with Crippen LogP contribution in [0, 0.1) is 16.2 Å². The lowest BCUT2D eigenvalue weighted by atomic mass is 9.69. The van der Waals surface area contributed by atoms with Crippen LogP contribution in [0.1, 0.15) is 67.2 Å². The van der Waals surface area contributed by atoms with E-state index < -0.39 is 0 Å². The van der Waals surface area contributed by atoms with E-state index >= 15 is 0 Å². The van der Waals surface area contributed by atoms with E-state index in [-0.39, 0.29) is 10.8 Å². The predicted molar refractivity (Wildman–Crippen MR) is 64.8 cm³/mol. The largest absolute Gasteiger partial charge is 0.299 e. The Morgan fingerprint density at radius 1 is 1.20 bits per heavy atom. The summed E-state index contributed by atoms with van der Waals surface area (Å²) in [6.45, 7) is 13.1. The van der Waals surface area contributed by atoms with Crippen molar-refractivity contribution < 1.29 is 4.79 Å². The Labute approximate surface area is 94.6 Å². The minimum absolute atomic E-state index is 0.0260. The number of hydrogen-bond donors (Lipinski definition) is 0. The third-order valence-electron chi connectivity index (χ3n) is 3.71. The molecule has 1 saturated carbocycles. The van der Waals surface area contributed by atoms with Crippen molar-refractivity contribution in [3.8, 4) is 0 Å². The fraction of sp³-hybridized carbons (Fsp3) is 0.929. The van der Waals surface area contributed by atoms with Gasteiger partial charge in [0.1, 0.15) is 5.78 Å². The number of Topliss-reactive ketones (excluding diaryl/α,β-unsaturated/α-hetero) is 1. The van der Waals surface area contributed by atoms with E-state index in [9.17, 15) is 4.79 Å². The molecule has 0 amide bonds. The van der Waals surface area contributed by atoms with Gasteiger partial charge in [0.2, 0.25) is 0 Å². The summed E-state index contributed by atoms with van der Waals surface area (Å²) in [6, 6.07) is 0. The standard InChI is InChI=1S/C14H26O/c1-11(15)14(9-12(2,3)4)8-7-13(5,6)10-14/h7-10H2,1-6H3. The molecule has 0 radical (unpaired) electrons. The van der Waals surface area contributed by atoms with Crippen LogP contribution in [0.3, 0.4) is 0 Å². The summed E-state index contributed by atoms with van der Waals surface area (Å²) < 4.78 is 0. The average molecular weight is 210 g/mol. The molecule has 1 fully saturated rings.